The standard InChI is InChI=1S/C15H23BrN2S/c1-12-15(11-17,7-4-8-19-12)18(2)10-13-5-3-6-14(16)9-13/h3,5-6,9,12H,4,7-8,10-11,17H2,1-2H3. The molecule has 0 saturated carbocycles. The molecule has 0 aromatic heterocycles. The maximum Gasteiger partial charge on any atom is 0.0448 e. The van der Waals surface area contributed by atoms with Crippen LogP contribution in [0.25, 0.3) is 0 Å². The van der Waals surface area contributed by atoms with Gasteiger partial charge in [-0.25, -0.2) is 0 Å². The summed E-state index contributed by atoms with van der Waals surface area (Å²) >= 11 is 5.60. The molecular weight excluding hydrogens is 320 g/mol. The van der Waals surface area contributed by atoms with E-state index in [0.717, 1.165) is 17.6 Å². The van der Waals surface area contributed by atoms with Crippen LogP contribution in [0.15, 0.2) is 28.7 Å². The minimum Gasteiger partial charge on any atom is -0.329 e. The predicted octanol–water partition coefficient (Wildman–Crippen LogP) is 3.49. The first kappa shape index (κ1) is 15.4. The Bertz CT molecular complexity index is 426. The average Bonchev–Trinajstić information content (AvgIpc) is 2.39. The second-order valence-electron chi connectivity index (χ2n) is 5.41. The van der Waals surface area contributed by atoms with Gasteiger partial charge in [0.25, 0.3) is 0 Å². The molecule has 2 unspecified atom stereocenters. The van der Waals surface area contributed by atoms with Gasteiger partial charge in [0.2, 0.25) is 0 Å². The zero-order chi connectivity index (χ0) is 13.9. The molecule has 1 heterocycles. The highest BCUT2D eigenvalue weighted by Gasteiger charge is 2.40. The first-order valence-corrected chi connectivity index (χ1v) is 8.70. The lowest BCUT2D eigenvalue weighted by atomic mass is 9.87. The molecular formula is C15H23BrN2S. The fraction of sp³-hybridized carbons (Fsp3) is 0.600. The van der Waals surface area contributed by atoms with Crippen molar-refractivity contribution in [1.82, 2.24) is 4.90 Å². The molecule has 0 radical (unpaired) electrons. The summed E-state index contributed by atoms with van der Waals surface area (Å²) in [6.45, 7) is 4.03. The van der Waals surface area contributed by atoms with E-state index in [4.69, 9.17) is 5.73 Å². The molecule has 2 N–H and O–H groups in total. The summed E-state index contributed by atoms with van der Waals surface area (Å²) in [6, 6.07) is 8.55. The molecule has 0 aliphatic carbocycles. The van der Waals surface area contributed by atoms with E-state index in [0.29, 0.717) is 5.25 Å². The van der Waals surface area contributed by atoms with E-state index in [9.17, 15) is 0 Å². The van der Waals surface area contributed by atoms with Crippen LogP contribution in [0.4, 0.5) is 0 Å². The first-order valence-electron chi connectivity index (χ1n) is 6.86. The van der Waals surface area contributed by atoms with E-state index in [-0.39, 0.29) is 5.54 Å². The van der Waals surface area contributed by atoms with Gasteiger partial charge >= 0.3 is 0 Å². The normalized spacial score (nSPS) is 27.7. The van der Waals surface area contributed by atoms with Crippen molar-refractivity contribution in [3.8, 4) is 0 Å². The van der Waals surface area contributed by atoms with Crippen molar-refractivity contribution < 1.29 is 0 Å². The Morgan fingerprint density at radius 3 is 2.95 bits per heavy atom. The highest BCUT2D eigenvalue weighted by Crippen LogP contribution is 2.37. The van der Waals surface area contributed by atoms with Crippen LogP contribution in [0, 0.1) is 0 Å². The van der Waals surface area contributed by atoms with Crippen LogP contribution in [0.2, 0.25) is 0 Å². The second kappa shape index (κ2) is 6.61. The molecule has 1 aromatic rings. The third-order valence-corrected chi connectivity index (χ3v) is 6.26. The highest BCUT2D eigenvalue weighted by atomic mass is 79.9. The minimum atomic E-state index is 0.144. The molecule has 2 nitrogen and oxygen atoms in total. The molecule has 0 bridgehead atoms. The smallest absolute Gasteiger partial charge is 0.0448 e. The Hall–Kier alpha value is -0.0300. The fourth-order valence-corrected chi connectivity index (χ4v) is 4.80. The number of nitrogens with zero attached hydrogens (tertiary/aromatic N) is 1. The summed E-state index contributed by atoms with van der Waals surface area (Å²) in [6.07, 6.45) is 2.48. The monoisotopic (exact) mass is 342 g/mol. The van der Waals surface area contributed by atoms with Crippen LogP contribution in [-0.4, -0.2) is 35.0 Å². The molecule has 1 aliphatic heterocycles. The van der Waals surface area contributed by atoms with Crippen LogP contribution in [0.5, 0.6) is 0 Å². The average molecular weight is 343 g/mol. The van der Waals surface area contributed by atoms with E-state index >= 15 is 0 Å². The SMILES string of the molecule is CC1SCCCC1(CN)N(C)Cc1cccc(Br)c1. The molecule has 4 heteroatoms. The number of rotatable bonds is 4. The molecule has 2 atom stereocenters. The molecule has 0 amide bonds. The summed E-state index contributed by atoms with van der Waals surface area (Å²) in [7, 11) is 2.22. The van der Waals surface area contributed by atoms with Crippen molar-refractivity contribution in [2.45, 2.75) is 37.1 Å². The Morgan fingerprint density at radius 2 is 2.32 bits per heavy atom. The number of hydrogen-bond acceptors (Lipinski definition) is 3. The van der Waals surface area contributed by atoms with Gasteiger partial charge in [-0.3, -0.25) is 4.90 Å². The van der Waals surface area contributed by atoms with Crippen molar-refractivity contribution in [1.29, 1.82) is 0 Å². The van der Waals surface area contributed by atoms with Gasteiger partial charge in [-0.1, -0.05) is 35.0 Å². The second-order valence-corrected chi connectivity index (χ2v) is 7.77. The van der Waals surface area contributed by atoms with Gasteiger partial charge in [0, 0.05) is 28.4 Å². The van der Waals surface area contributed by atoms with E-state index < -0.39 is 0 Å². The quantitative estimate of drug-likeness (QED) is 0.907. The van der Waals surface area contributed by atoms with Gasteiger partial charge in [0.05, 0.1) is 0 Å². The van der Waals surface area contributed by atoms with Gasteiger partial charge < -0.3 is 5.73 Å². The minimum absolute atomic E-state index is 0.144. The van der Waals surface area contributed by atoms with Gasteiger partial charge in [-0.05, 0) is 43.3 Å². The number of thioether (sulfide) groups is 1. The van der Waals surface area contributed by atoms with Crippen LogP contribution in [0.3, 0.4) is 0 Å². The Labute approximate surface area is 129 Å². The Morgan fingerprint density at radius 1 is 1.53 bits per heavy atom. The molecule has 0 spiro atoms. The van der Waals surface area contributed by atoms with Gasteiger partial charge in [0.1, 0.15) is 0 Å². The first-order chi connectivity index (χ1) is 9.08. The van der Waals surface area contributed by atoms with Crippen molar-refractivity contribution in [3.05, 3.63) is 34.3 Å². The molecule has 1 saturated heterocycles. The third-order valence-electron chi connectivity index (χ3n) is 4.30. The molecule has 1 fully saturated rings. The summed E-state index contributed by atoms with van der Waals surface area (Å²) < 4.78 is 1.14. The van der Waals surface area contributed by atoms with Crippen LogP contribution in [-0.2, 0) is 6.54 Å². The van der Waals surface area contributed by atoms with E-state index in [1.807, 2.05) is 0 Å². The lowest BCUT2D eigenvalue weighted by Crippen LogP contribution is -2.59. The van der Waals surface area contributed by atoms with E-state index in [1.54, 1.807) is 0 Å². The third kappa shape index (κ3) is 3.35. The Balaban J connectivity index is 2.14. The van der Waals surface area contributed by atoms with Crippen LogP contribution in [0.1, 0.15) is 25.3 Å². The van der Waals surface area contributed by atoms with Crippen LogP contribution >= 0.6 is 27.7 Å². The largest absolute Gasteiger partial charge is 0.329 e. The Kier molecular flexibility index (Phi) is 5.35. The van der Waals surface area contributed by atoms with Crippen LogP contribution < -0.4 is 5.73 Å². The summed E-state index contributed by atoms with van der Waals surface area (Å²) in [5.74, 6) is 1.27. The molecule has 106 valence electrons. The number of likely N-dealkylation sites (N-methyl/N-ethyl adjacent to an activating group) is 1. The highest BCUT2D eigenvalue weighted by molar-refractivity contribution is 9.10. The van der Waals surface area contributed by atoms with Gasteiger partial charge in [-0.15, -0.1) is 0 Å². The molecule has 2 rings (SSSR count). The topological polar surface area (TPSA) is 29.3 Å². The van der Waals surface area contributed by atoms with Crippen molar-refractivity contribution in [2.75, 3.05) is 19.3 Å². The lowest BCUT2D eigenvalue weighted by Gasteiger charge is -2.48. The van der Waals surface area contributed by atoms with Gasteiger partial charge in [-0.2, -0.15) is 11.8 Å². The number of benzene rings is 1. The van der Waals surface area contributed by atoms with Crippen molar-refractivity contribution in [2.24, 2.45) is 5.73 Å². The maximum atomic E-state index is 6.15. The lowest BCUT2D eigenvalue weighted by molar-refractivity contribution is 0.104. The molecule has 1 aromatic carbocycles. The van der Waals surface area contributed by atoms with E-state index in [1.165, 1.54) is 24.2 Å². The van der Waals surface area contributed by atoms with E-state index in [2.05, 4.69) is 70.8 Å². The van der Waals surface area contributed by atoms with Crippen molar-refractivity contribution >= 4 is 27.7 Å². The maximum absolute atomic E-state index is 6.15. The predicted molar refractivity (Wildman–Crippen MR) is 88.5 cm³/mol. The number of hydrogen-bond donors (Lipinski definition) is 1. The van der Waals surface area contributed by atoms with Gasteiger partial charge in [0.15, 0.2) is 0 Å². The number of nitrogens with two attached hydrogens (primary N) is 1. The fourth-order valence-electron chi connectivity index (χ4n) is 2.99. The zero-order valence-corrected chi connectivity index (χ0v) is 14.1. The summed E-state index contributed by atoms with van der Waals surface area (Å²) in [4.78, 5) is 2.46. The molecule has 1 aliphatic rings. The van der Waals surface area contributed by atoms with Crippen molar-refractivity contribution in [3.63, 3.8) is 0 Å². The number of halogens is 1. The molecule has 19 heavy (non-hydrogen) atoms. The zero-order valence-electron chi connectivity index (χ0n) is 11.7. The summed E-state index contributed by atoms with van der Waals surface area (Å²) in [5, 5.41) is 0.600. The summed E-state index contributed by atoms with van der Waals surface area (Å²) in [5.41, 5.74) is 7.63.